The lowest BCUT2D eigenvalue weighted by Crippen LogP contribution is -2.09. The summed E-state index contributed by atoms with van der Waals surface area (Å²) in [5.41, 5.74) is 3.35. The first-order chi connectivity index (χ1) is 24.4. The molecule has 1 aromatic carbocycles. The zero-order valence-corrected chi connectivity index (χ0v) is 32.3. The van der Waals surface area contributed by atoms with Crippen molar-refractivity contribution in [3.63, 3.8) is 0 Å². The van der Waals surface area contributed by atoms with Crippen molar-refractivity contribution in [1.29, 1.82) is 0 Å². The Labute approximate surface area is 309 Å². The largest absolute Gasteiger partial charge is 0.489 e. The Bertz CT molecular complexity index is 1990. The number of thiophene rings is 3. The maximum atomic E-state index is 12.5. The molecule has 5 aromatic rings. The first kappa shape index (κ1) is 36.8. The van der Waals surface area contributed by atoms with Crippen LogP contribution in [0.2, 0.25) is 0 Å². The number of benzene rings is 1. The molecule has 1 aliphatic rings. The SMILES string of the molecule is CCCCCC(CCCCC)c1ccc(-c2cc3c(s2)C([N+](=O)[O-])=C([N+](=O)[O-])[SH]3c2cc3scc(OCCOCCOC)c3s2)c2nsnc12. The van der Waals surface area contributed by atoms with Crippen LogP contribution in [-0.2, 0) is 9.47 Å². The van der Waals surface area contributed by atoms with Gasteiger partial charge in [-0.25, -0.2) is 0 Å². The molecule has 0 saturated heterocycles. The monoisotopic (exact) mass is 776 g/mol. The van der Waals surface area contributed by atoms with Gasteiger partial charge in [-0.3, -0.25) is 20.2 Å². The molecule has 0 radical (unpaired) electrons. The fraction of sp³-hybridized carbons (Fsp3) is 0.471. The fourth-order valence-corrected chi connectivity index (χ4v) is 13.9. The minimum atomic E-state index is -1.78. The third-order valence-corrected chi connectivity index (χ3v) is 15.6. The highest BCUT2D eigenvalue weighted by atomic mass is 32.2. The molecule has 268 valence electrons. The van der Waals surface area contributed by atoms with Crippen molar-refractivity contribution in [2.45, 2.75) is 80.2 Å². The number of nitrogens with zero attached hydrogens (tertiary/aromatic N) is 4. The Morgan fingerprint density at radius 2 is 1.64 bits per heavy atom. The van der Waals surface area contributed by atoms with Crippen LogP contribution in [0.15, 0.2) is 43.8 Å². The molecule has 1 unspecified atom stereocenters. The summed E-state index contributed by atoms with van der Waals surface area (Å²) in [5, 5.41) is 26.6. The van der Waals surface area contributed by atoms with Gasteiger partial charge in [0.15, 0.2) is 0 Å². The third kappa shape index (κ3) is 7.61. The molecule has 0 saturated carbocycles. The number of thiol groups is 1. The molecule has 4 aromatic heterocycles. The topological polar surface area (TPSA) is 140 Å². The highest BCUT2D eigenvalue weighted by Gasteiger charge is 2.48. The van der Waals surface area contributed by atoms with Gasteiger partial charge in [0.25, 0.3) is 0 Å². The highest BCUT2D eigenvalue weighted by Crippen LogP contribution is 2.66. The lowest BCUT2D eigenvalue weighted by atomic mass is 9.87. The summed E-state index contributed by atoms with van der Waals surface area (Å²) < 4.78 is 28.5. The number of nitro groups is 2. The number of ether oxygens (including phenoxy) is 3. The molecular weight excluding hydrogens is 737 g/mol. The average Bonchev–Trinajstić information content (AvgIpc) is 3.92. The Hall–Kier alpha value is -2.99. The highest BCUT2D eigenvalue weighted by molar-refractivity contribution is 8.22. The predicted octanol–water partition coefficient (Wildman–Crippen LogP) is 10.6. The van der Waals surface area contributed by atoms with Gasteiger partial charge in [-0.2, -0.15) is 8.75 Å². The number of unbranched alkanes of at least 4 members (excludes halogenated alkanes) is 4. The van der Waals surface area contributed by atoms with E-state index in [1.807, 2.05) is 17.5 Å². The quantitative estimate of drug-likeness (QED) is 0.0354. The normalized spacial score (nSPS) is 15.2. The van der Waals surface area contributed by atoms with Crippen molar-refractivity contribution in [2.24, 2.45) is 0 Å². The van der Waals surface area contributed by atoms with Gasteiger partial charge in [0.1, 0.15) is 28.3 Å². The lowest BCUT2D eigenvalue weighted by Gasteiger charge is -2.18. The third-order valence-electron chi connectivity index (χ3n) is 8.75. The minimum Gasteiger partial charge on any atom is -0.489 e. The Morgan fingerprint density at radius 1 is 0.900 bits per heavy atom. The molecule has 16 heteroatoms. The Kier molecular flexibility index (Phi) is 12.5. The number of aromatic nitrogens is 2. The molecular formula is C34H40N4O7S5. The summed E-state index contributed by atoms with van der Waals surface area (Å²) in [6, 6.07) is 8.09. The van der Waals surface area contributed by atoms with Crippen molar-refractivity contribution in [1.82, 2.24) is 8.75 Å². The van der Waals surface area contributed by atoms with Crippen LogP contribution in [0.4, 0.5) is 0 Å². The fourth-order valence-electron chi connectivity index (χ4n) is 6.33. The summed E-state index contributed by atoms with van der Waals surface area (Å²) in [7, 11) is -0.160. The van der Waals surface area contributed by atoms with Gasteiger partial charge in [-0.1, -0.05) is 75.4 Å². The van der Waals surface area contributed by atoms with E-state index in [1.165, 1.54) is 89.8 Å². The number of methoxy groups -OCH3 is 1. The van der Waals surface area contributed by atoms with Crippen molar-refractivity contribution < 1.29 is 24.1 Å². The number of rotatable bonds is 20. The van der Waals surface area contributed by atoms with Gasteiger partial charge in [0.05, 0.1) is 55.0 Å². The van der Waals surface area contributed by atoms with Crippen LogP contribution in [0.25, 0.3) is 36.6 Å². The van der Waals surface area contributed by atoms with Crippen molar-refractivity contribution in [3.8, 4) is 16.2 Å². The van der Waals surface area contributed by atoms with Gasteiger partial charge in [0.2, 0.25) is 0 Å². The summed E-state index contributed by atoms with van der Waals surface area (Å²) in [5.74, 6) is 1.07. The van der Waals surface area contributed by atoms with E-state index in [2.05, 4.69) is 26.0 Å². The molecule has 6 rings (SSSR count). The van der Waals surface area contributed by atoms with Crippen LogP contribution in [-0.4, -0.2) is 52.1 Å². The Balaban J connectivity index is 1.36. The number of hydrogen-bond donors (Lipinski definition) is 1. The molecule has 1 aliphatic heterocycles. The zero-order chi connectivity index (χ0) is 35.2. The van der Waals surface area contributed by atoms with E-state index in [0.717, 1.165) is 47.9 Å². The first-order valence-corrected chi connectivity index (χ1v) is 21.4. The maximum absolute atomic E-state index is 12.5. The van der Waals surface area contributed by atoms with Crippen LogP contribution in [0.5, 0.6) is 5.75 Å². The van der Waals surface area contributed by atoms with Crippen LogP contribution >= 0.6 is 56.6 Å². The van der Waals surface area contributed by atoms with Crippen molar-refractivity contribution in [2.75, 3.05) is 33.5 Å². The summed E-state index contributed by atoms with van der Waals surface area (Å²) in [4.78, 5) is 25.7. The molecule has 11 nitrogen and oxygen atoms in total. The van der Waals surface area contributed by atoms with E-state index in [0.29, 0.717) is 47.9 Å². The second kappa shape index (κ2) is 17.0. The average molecular weight is 777 g/mol. The minimum absolute atomic E-state index is 0.335. The van der Waals surface area contributed by atoms with Gasteiger partial charge in [-0.15, -0.1) is 34.0 Å². The zero-order valence-electron chi connectivity index (χ0n) is 28.2. The molecule has 0 aliphatic carbocycles. The van der Waals surface area contributed by atoms with E-state index in [4.69, 9.17) is 23.0 Å². The molecule has 1 atom stereocenters. The van der Waals surface area contributed by atoms with Crippen LogP contribution in [0.3, 0.4) is 0 Å². The van der Waals surface area contributed by atoms with Crippen molar-refractivity contribution in [3.05, 3.63) is 65.3 Å². The standard InChI is InChI=1S/C34H40N4O7S5/c1-4-6-8-10-21(11-9-7-5-2)22-12-13-23(30-29(22)35-49-36-30)25-18-27-33(47-25)31(37(39)40)34(38(41)42)50(27)28-19-26-32(48-28)24(20-46-26)45-17-16-44-15-14-43-3/h12-13,18-21,50H,4-11,14-17H2,1-3H3. The van der Waals surface area contributed by atoms with E-state index in [1.54, 1.807) is 7.11 Å². The van der Waals surface area contributed by atoms with Crippen LogP contribution < -0.4 is 4.74 Å². The van der Waals surface area contributed by atoms with E-state index in [-0.39, 0.29) is 5.03 Å². The van der Waals surface area contributed by atoms with Crippen LogP contribution in [0.1, 0.15) is 81.6 Å². The van der Waals surface area contributed by atoms with Crippen LogP contribution in [0, 0.1) is 20.2 Å². The Morgan fingerprint density at radius 3 is 2.34 bits per heavy atom. The summed E-state index contributed by atoms with van der Waals surface area (Å²) in [6.07, 6.45) is 9.28. The first-order valence-electron chi connectivity index (χ1n) is 16.8. The summed E-state index contributed by atoms with van der Waals surface area (Å²) in [6.45, 7) is 6.16. The van der Waals surface area contributed by atoms with Gasteiger partial charge in [0, 0.05) is 27.8 Å². The second-order valence-electron chi connectivity index (χ2n) is 12.0. The summed E-state index contributed by atoms with van der Waals surface area (Å²) >= 11 is 5.31. The van der Waals surface area contributed by atoms with E-state index >= 15 is 0 Å². The molecule has 0 N–H and O–H groups in total. The second-order valence-corrected chi connectivity index (χ2v) is 17.9. The molecule has 0 amide bonds. The molecule has 0 fully saturated rings. The maximum Gasteiger partial charge on any atom is 0.370 e. The van der Waals surface area contributed by atoms with Gasteiger partial charge >= 0.3 is 10.7 Å². The smallest absolute Gasteiger partial charge is 0.370 e. The van der Waals surface area contributed by atoms with Gasteiger partial charge in [-0.05, 0) is 36.5 Å². The predicted molar refractivity (Wildman–Crippen MR) is 206 cm³/mol. The van der Waals surface area contributed by atoms with E-state index in [9.17, 15) is 20.2 Å². The number of hydrogen-bond acceptors (Lipinski definition) is 13. The van der Waals surface area contributed by atoms with E-state index < -0.39 is 26.4 Å². The lowest BCUT2D eigenvalue weighted by molar-refractivity contribution is -0.431. The molecule has 5 heterocycles. The van der Waals surface area contributed by atoms with Gasteiger partial charge < -0.3 is 14.2 Å². The molecule has 0 spiro atoms. The molecule has 50 heavy (non-hydrogen) atoms. The number of fused-ring (bicyclic) bond motifs is 3. The molecule has 0 bridgehead atoms. The van der Waals surface area contributed by atoms with Crippen molar-refractivity contribution >= 4 is 82.8 Å².